The molecule has 0 saturated carbocycles. The molecule has 0 radical (unpaired) electrons. The van der Waals surface area contributed by atoms with Crippen molar-refractivity contribution in [3.63, 3.8) is 0 Å². The summed E-state index contributed by atoms with van der Waals surface area (Å²) in [5.41, 5.74) is 0.962. The first-order valence-electron chi connectivity index (χ1n) is 5.93. The Morgan fingerprint density at radius 2 is 2.20 bits per heavy atom. The summed E-state index contributed by atoms with van der Waals surface area (Å²) in [7, 11) is 0. The second-order valence-corrected chi connectivity index (χ2v) is 5.31. The maximum Gasteiger partial charge on any atom is 0.237 e. The Morgan fingerprint density at radius 3 is 2.90 bits per heavy atom. The van der Waals surface area contributed by atoms with Crippen LogP contribution >= 0.6 is 11.8 Å². The minimum absolute atomic E-state index is 0.177. The molecule has 1 aromatic heterocycles. The van der Waals surface area contributed by atoms with E-state index in [1.54, 1.807) is 49.8 Å². The van der Waals surface area contributed by atoms with E-state index in [1.807, 2.05) is 6.07 Å². The van der Waals surface area contributed by atoms with Crippen molar-refractivity contribution >= 4 is 23.4 Å². The summed E-state index contributed by atoms with van der Waals surface area (Å²) in [5.74, 6) is -0.177. The van der Waals surface area contributed by atoms with E-state index >= 15 is 0 Å². The summed E-state index contributed by atoms with van der Waals surface area (Å²) in [6.07, 6.45) is 4.77. The lowest BCUT2D eigenvalue weighted by atomic mass is 10.2. The highest BCUT2D eigenvalue weighted by Gasteiger charge is 2.16. The Kier molecular flexibility index (Phi) is 4.69. The molecule has 0 spiro atoms. The van der Waals surface area contributed by atoms with Crippen LogP contribution in [0, 0.1) is 11.3 Å². The van der Waals surface area contributed by atoms with Crippen LogP contribution in [0.1, 0.15) is 12.5 Å². The van der Waals surface area contributed by atoms with Gasteiger partial charge in [0, 0.05) is 12.4 Å². The molecule has 0 aliphatic rings. The van der Waals surface area contributed by atoms with Crippen molar-refractivity contribution in [2.24, 2.45) is 0 Å². The summed E-state index contributed by atoms with van der Waals surface area (Å²) < 4.78 is 0. The molecule has 0 aliphatic carbocycles. The van der Waals surface area contributed by atoms with Gasteiger partial charge in [-0.2, -0.15) is 5.26 Å². The van der Waals surface area contributed by atoms with Gasteiger partial charge in [0.25, 0.3) is 0 Å². The fourth-order valence-corrected chi connectivity index (χ4v) is 2.28. The number of aromatic nitrogens is 2. The van der Waals surface area contributed by atoms with Gasteiger partial charge in [0.2, 0.25) is 5.91 Å². The topological polar surface area (TPSA) is 78.7 Å². The predicted octanol–water partition coefficient (Wildman–Crippen LogP) is 2.47. The molecular weight excluding hydrogens is 272 g/mol. The van der Waals surface area contributed by atoms with E-state index in [0.717, 1.165) is 0 Å². The maximum atomic E-state index is 12.1. The number of benzene rings is 1. The van der Waals surface area contributed by atoms with Gasteiger partial charge in [-0.3, -0.25) is 9.78 Å². The molecule has 20 heavy (non-hydrogen) atoms. The second kappa shape index (κ2) is 6.68. The zero-order valence-electron chi connectivity index (χ0n) is 10.8. The highest BCUT2D eigenvalue weighted by Crippen LogP contribution is 2.22. The molecule has 1 aromatic carbocycles. The van der Waals surface area contributed by atoms with Crippen molar-refractivity contribution in [1.82, 2.24) is 9.97 Å². The van der Waals surface area contributed by atoms with Gasteiger partial charge in [0.15, 0.2) is 0 Å². The zero-order chi connectivity index (χ0) is 14.4. The number of nitrogens with one attached hydrogen (secondary N) is 1. The molecule has 1 N–H and O–H groups in total. The molecule has 0 aliphatic heterocycles. The standard InChI is InChI=1S/C14H12N4OS/c1-10(20-13-9-16-6-7-17-13)14(19)18-12-5-3-2-4-11(12)8-15/h2-7,9-10H,1H3,(H,18,19). The van der Waals surface area contributed by atoms with Gasteiger partial charge < -0.3 is 5.32 Å². The van der Waals surface area contributed by atoms with Gasteiger partial charge in [0.1, 0.15) is 11.1 Å². The molecule has 0 bridgehead atoms. The van der Waals surface area contributed by atoms with E-state index in [1.165, 1.54) is 11.8 Å². The number of hydrogen-bond donors (Lipinski definition) is 1. The van der Waals surface area contributed by atoms with Crippen molar-refractivity contribution in [2.45, 2.75) is 17.2 Å². The first-order valence-corrected chi connectivity index (χ1v) is 6.81. The molecule has 2 rings (SSSR count). The van der Waals surface area contributed by atoms with E-state index in [-0.39, 0.29) is 11.2 Å². The summed E-state index contributed by atoms with van der Waals surface area (Å²) in [6, 6.07) is 8.94. The number of thioether (sulfide) groups is 1. The number of rotatable bonds is 4. The highest BCUT2D eigenvalue weighted by molar-refractivity contribution is 8.00. The molecule has 0 saturated heterocycles. The Hall–Kier alpha value is -2.39. The number of nitrogens with zero attached hydrogens (tertiary/aromatic N) is 3. The van der Waals surface area contributed by atoms with Crippen molar-refractivity contribution in [1.29, 1.82) is 5.26 Å². The number of nitriles is 1. The van der Waals surface area contributed by atoms with Crippen LogP contribution in [0.2, 0.25) is 0 Å². The van der Waals surface area contributed by atoms with Crippen LogP contribution in [-0.4, -0.2) is 21.1 Å². The van der Waals surface area contributed by atoms with Gasteiger partial charge in [-0.25, -0.2) is 4.98 Å². The molecule has 2 aromatic rings. The van der Waals surface area contributed by atoms with Gasteiger partial charge in [-0.1, -0.05) is 23.9 Å². The van der Waals surface area contributed by atoms with E-state index in [0.29, 0.717) is 16.3 Å². The minimum atomic E-state index is -0.335. The zero-order valence-corrected chi connectivity index (χ0v) is 11.6. The number of anilines is 1. The van der Waals surface area contributed by atoms with Crippen molar-refractivity contribution in [2.75, 3.05) is 5.32 Å². The average molecular weight is 284 g/mol. The van der Waals surface area contributed by atoms with Gasteiger partial charge in [0.05, 0.1) is 22.7 Å². The summed E-state index contributed by atoms with van der Waals surface area (Å²) >= 11 is 1.32. The third kappa shape index (κ3) is 3.56. The monoisotopic (exact) mass is 284 g/mol. The maximum absolute atomic E-state index is 12.1. The Labute approximate surface area is 121 Å². The SMILES string of the molecule is CC(Sc1cnccn1)C(=O)Nc1ccccc1C#N. The predicted molar refractivity (Wildman–Crippen MR) is 77.1 cm³/mol. The van der Waals surface area contributed by atoms with Crippen molar-refractivity contribution in [3.8, 4) is 6.07 Å². The molecule has 0 fully saturated rings. The largest absolute Gasteiger partial charge is 0.324 e. The normalized spacial score (nSPS) is 11.4. The highest BCUT2D eigenvalue weighted by atomic mass is 32.2. The summed E-state index contributed by atoms with van der Waals surface area (Å²) in [6.45, 7) is 1.78. The fourth-order valence-electron chi connectivity index (χ4n) is 1.50. The summed E-state index contributed by atoms with van der Waals surface area (Å²) in [4.78, 5) is 20.2. The Balaban J connectivity index is 2.03. The minimum Gasteiger partial charge on any atom is -0.324 e. The van der Waals surface area contributed by atoms with Crippen LogP contribution in [0.4, 0.5) is 5.69 Å². The third-order valence-corrected chi connectivity index (χ3v) is 3.53. The lowest BCUT2D eigenvalue weighted by molar-refractivity contribution is -0.115. The van der Waals surface area contributed by atoms with Crippen LogP contribution in [-0.2, 0) is 4.79 Å². The number of amides is 1. The first-order chi connectivity index (χ1) is 9.70. The molecular formula is C14H12N4OS. The number of carbonyl (C=O) groups excluding carboxylic acids is 1. The van der Waals surface area contributed by atoms with Gasteiger partial charge in [-0.15, -0.1) is 0 Å². The molecule has 1 amide bonds. The van der Waals surface area contributed by atoms with Crippen LogP contribution in [0.5, 0.6) is 0 Å². The molecule has 6 heteroatoms. The van der Waals surface area contributed by atoms with E-state index < -0.39 is 0 Å². The lowest BCUT2D eigenvalue weighted by Crippen LogP contribution is -2.23. The Morgan fingerprint density at radius 1 is 1.40 bits per heavy atom. The molecule has 1 heterocycles. The average Bonchev–Trinajstić information content (AvgIpc) is 2.48. The summed E-state index contributed by atoms with van der Waals surface area (Å²) in [5, 5.41) is 12.1. The smallest absolute Gasteiger partial charge is 0.237 e. The van der Waals surface area contributed by atoms with Crippen LogP contribution < -0.4 is 5.32 Å². The number of para-hydroxylation sites is 1. The Bertz CT molecular complexity index is 639. The van der Waals surface area contributed by atoms with Crippen LogP contribution in [0.15, 0.2) is 47.9 Å². The fraction of sp³-hybridized carbons (Fsp3) is 0.143. The lowest BCUT2D eigenvalue weighted by Gasteiger charge is -2.12. The molecule has 1 atom stereocenters. The van der Waals surface area contributed by atoms with Crippen molar-refractivity contribution < 1.29 is 4.79 Å². The van der Waals surface area contributed by atoms with E-state index in [4.69, 9.17) is 5.26 Å². The van der Waals surface area contributed by atoms with Crippen LogP contribution in [0.3, 0.4) is 0 Å². The first kappa shape index (κ1) is 14.0. The number of hydrogen-bond acceptors (Lipinski definition) is 5. The number of carbonyl (C=O) groups is 1. The van der Waals surface area contributed by atoms with E-state index in [2.05, 4.69) is 15.3 Å². The van der Waals surface area contributed by atoms with E-state index in [9.17, 15) is 4.79 Å². The molecule has 1 unspecified atom stereocenters. The third-order valence-electron chi connectivity index (χ3n) is 2.51. The molecule has 100 valence electrons. The quantitative estimate of drug-likeness (QED) is 0.872. The van der Waals surface area contributed by atoms with Gasteiger partial charge >= 0.3 is 0 Å². The van der Waals surface area contributed by atoms with Crippen LogP contribution in [0.25, 0.3) is 0 Å². The molecule has 5 nitrogen and oxygen atoms in total. The van der Waals surface area contributed by atoms with Gasteiger partial charge in [-0.05, 0) is 19.1 Å². The van der Waals surface area contributed by atoms with Crippen molar-refractivity contribution in [3.05, 3.63) is 48.4 Å². The second-order valence-electron chi connectivity index (χ2n) is 3.95.